The summed E-state index contributed by atoms with van der Waals surface area (Å²) >= 11 is 6.20. The number of rotatable bonds is 18. The van der Waals surface area contributed by atoms with Gasteiger partial charge in [0.15, 0.2) is 12.6 Å². The van der Waals surface area contributed by atoms with Crippen molar-refractivity contribution in [2.75, 3.05) is 13.2 Å². The van der Waals surface area contributed by atoms with Gasteiger partial charge in [-0.1, -0.05) is 114 Å². The first-order valence-electron chi connectivity index (χ1n) is 18.4. The zero-order valence-electron chi connectivity index (χ0n) is 30.9. The molecule has 0 saturated carbocycles. The minimum atomic E-state index is -1.75. The number of nitrogens with zero attached hydrogens (tertiary/aromatic N) is 3. The topological polar surface area (TPSA) is 215 Å². The lowest BCUT2D eigenvalue weighted by atomic mass is 9.96. The second-order valence-electron chi connectivity index (χ2n) is 13.7. The van der Waals surface area contributed by atoms with Gasteiger partial charge in [0.1, 0.15) is 48.8 Å². The van der Waals surface area contributed by atoms with Gasteiger partial charge in [0.2, 0.25) is 0 Å². The first-order valence-corrected chi connectivity index (χ1v) is 18.8. The average Bonchev–Trinajstić information content (AvgIpc) is 3.23. The summed E-state index contributed by atoms with van der Waals surface area (Å²) in [5.41, 5.74) is 12.8. The Balaban J connectivity index is 1.21. The minimum absolute atomic E-state index is 0.00821. The Labute approximate surface area is 334 Å². The molecule has 0 amide bonds. The summed E-state index contributed by atoms with van der Waals surface area (Å²) in [5, 5.41) is 58.1. The maximum Gasteiger partial charge on any atom is 0.187 e. The second-order valence-corrected chi connectivity index (χ2v) is 14.1. The van der Waals surface area contributed by atoms with Gasteiger partial charge in [0.25, 0.3) is 0 Å². The fourth-order valence-corrected chi connectivity index (χ4v) is 6.70. The van der Waals surface area contributed by atoms with Crippen LogP contribution in [0, 0.1) is 0 Å². The highest BCUT2D eigenvalue weighted by molar-refractivity contribution is 6.33. The van der Waals surface area contributed by atoms with E-state index in [4.69, 9.17) is 50.3 Å². The molecule has 0 spiro atoms. The molecule has 0 radical (unpaired) electrons. The molecule has 6 rings (SSSR count). The first kappa shape index (κ1) is 42.6. The van der Waals surface area contributed by atoms with Crippen LogP contribution in [0.2, 0.25) is 5.02 Å². The lowest BCUT2D eigenvalue weighted by Crippen LogP contribution is -2.65. The zero-order chi connectivity index (χ0) is 40.1. The van der Waals surface area contributed by atoms with Crippen molar-refractivity contribution < 1.29 is 58.7 Å². The average molecular weight is 808 g/mol. The van der Waals surface area contributed by atoms with E-state index in [1.165, 1.54) is 6.07 Å². The van der Waals surface area contributed by atoms with Crippen LogP contribution >= 0.6 is 11.6 Å². The van der Waals surface area contributed by atoms with Gasteiger partial charge in [0, 0.05) is 4.91 Å². The summed E-state index contributed by atoms with van der Waals surface area (Å²) < 4.78 is 43.2. The molecule has 2 heterocycles. The smallest absolute Gasteiger partial charge is 0.187 e. The normalized spacial score (nSPS) is 27.5. The number of benzene rings is 4. The molecule has 0 unspecified atom stereocenters. The molecular formula is C41H46ClN3O12. The zero-order valence-corrected chi connectivity index (χ0v) is 31.6. The molecule has 2 aliphatic rings. The van der Waals surface area contributed by atoms with E-state index in [-0.39, 0.29) is 57.0 Å². The van der Waals surface area contributed by atoms with Crippen LogP contribution in [0.15, 0.2) is 108 Å². The maximum atomic E-state index is 11.9. The van der Waals surface area contributed by atoms with Crippen LogP contribution in [-0.2, 0) is 66.2 Å². The van der Waals surface area contributed by atoms with E-state index in [2.05, 4.69) is 10.0 Å². The highest BCUT2D eigenvalue weighted by Crippen LogP contribution is 2.33. The molecule has 2 saturated heterocycles. The van der Waals surface area contributed by atoms with Crippen LogP contribution < -0.4 is 0 Å². The Bertz CT molecular complexity index is 1870. The van der Waals surface area contributed by atoms with Crippen molar-refractivity contribution in [2.45, 2.75) is 94.4 Å². The van der Waals surface area contributed by atoms with Crippen molar-refractivity contribution in [3.05, 3.63) is 146 Å². The van der Waals surface area contributed by atoms with Crippen LogP contribution in [0.5, 0.6) is 0 Å². The second kappa shape index (κ2) is 21.1. The van der Waals surface area contributed by atoms with E-state index in [9.17, 15) is 25.5 Å². The summed E-state index contributed by atoms with van der Waals surface area (Å²) in [7, 11) is 0. The van der Waals surface area contributed by atoms with Crippen LogP contribution in [0.1, 0.15) is 27.8 Å². The highest BCUT2D eigenvalue weighted by Gasteiger charge is 2.52. The third kappa shape index (κ3) is 11.6. The van der Waals surface area contributed by atoms with E-state index < -0.39 is 61.4 Å². The van der Waals surface area contributed by atoms with Gasteiger partial charge in [-0.3, -0.25) is 0 Å². The van der Waals surface area contributed by atoms with Crippen LogP contribution in [0.3, 0.4) is 0 Å². The predicted molar refractivity (Wildman–Crippen MR) is 204 cm³/mol. The van der Waals surface area contributed by atoms with E-state index in [0.29, 0.717) is 5.56 Å². The monoisotopic (exact) mass is 807 g/mol. The van der Waals surface area contributed by atoms with E-state index in [1.807, 2.05) is 60.7 Å². The third-order valence-corrected chi connectivity index (χ3v) is 9.89. The quantitative estimate of drug-likeness (QED) is 0.0531. The SMILES string of the molecule is [N-]=[N+]=Nc1ccc(COC[C@H]2O[C@@H](O[C@@H]3[C@@H](O)[C@H](OCc4ccc(CO)cc4)O[C@H](COCc4ccccc4)[C@H]3OCc3ccccc3)[C@H](O)[C@@H](O)[C@@H]2O)cc1Cl. The molecule has 10 atom stereocenters. The van der Waals surface area contributed by atoms with Gasteiger partial charge in [-0.2, -0.15) is 0 Å². The van der Waals surface area contributed by atoms with Crippen LogP contribution in [0.25, 0.3) is 10.4 Å². The van der Waals surface area contributed by atoms with E-state index in [1.54, 1.807) is 36.4 Å². The molecule has 4 aromatic carbocycles. The van der Waals surface area contributed by atoms with Gasteiger partial charge >= 0.3 is 0 Å². The number of ether oxygens (including phenoxy) is 7. The van der Waals surface area contributed by atoms with Crippen molar-refractivity contribution in [3.63, 3.8) is 0 Å². The number of aliphatic hydroxyl groups is 5. The van der Waals surface area contributed by atoms with Crippen LogP contribution in [-0.4, -0.2) is 100 Å². The molecule has 4 aromatic rings. The molecule has 0 aliphatic carbocycles. The lowest BCUT2D eigenvalue weighted by Gasteiger charge is -2.47. The molecule has 57 heavy (non-hydrogen) atoms. The van der Waals surface area contributed by atoms with E-state index >= 15 is 0 Å². The summed E-state index contributed by atoms with van der Waals surface area (Å²) in [5.74, 6) is 0. The molecule has 2 aliphatic heterocycles. The number of azide groups is 1. The summed E-state index contributed by atoms with van der Waals surface area (Å²) in [6.07, 6.45) is -13.7. The third-order valence-electron chi connectivity index (χ3n) is 9.59. The molecule has 0 bridgehead atoms. The summed E-state index contributed by atoms with van der Waals surface area (Å²) in [6.45, 7) is 0.0407. The first-order chi connectivity index (χ1) is 27.7. The fourth-order valence-electron chi connectivity index (χ4n) is 6.46. The minimum Gasteiger partial charge on any atom is -0.392 e. The van der Waals surface area contributed by atoms with Gasteiger partial charge in [-0.25, -0.2) is 0 Å². The predicted octanol–water partition coefficient (Wildman–Crippen LogP) is 4.59. The standard InChI is InChI=1S/C41H46ClN3O12/c42-30-17-29(15-16-31(30)44-45-43)20-52-23-32-34(47)35(48)36(49)41(55-32)57-39-37(50)40(54-22-28-13-11-25(18-46)12-14-28)56-33(24-51-19-26-7-3-1-4-8-26)38(39)53-21-27-9-5-2-6-10-27/h1-17,32-41,46-50H,18-24H2/t32-,33-,34-,35+,36-,37-,38-,39-,40-,41+/m1/s1. The summed E-state index contributed by atoms with van der Waals surface area (Å²) in [4.78, 5) is 2.74. The largest absolute Gasteiger partial charge is 0.392 e. The molecule has 16 heteroatoms. The number of hydrogen-bond donors (Lipinski definition) is 5. The van der Waals surface area contributed by atoms with Crippen molar-refractivity contribution in [3.8, 4) is 0 Å². The maximum absolute atomic E-state index is 11.9. The van der Waals surface area contributed by atoms with Crippen molar-refractivity contribution in [2.24, 2.45) is 5.11 Å². The van der Waals surface area contributed by atoms with Gasteiger partial charge in [-0.05, 0) is 39.4 Å². The Morgan fingerprint density at radius 3 is 1.81 bits per heavy atom. The molecule has 5 N–H and O–H groups in total. The Morgan fingerprint density at radius 2 is 1.16 bits per heavy atom. The van der Waals surface area contributed by atoms with Crippen molar-refractivity contribution in [1.29, 1.82) is 0 Å². The van der Waals surface area contributed by atoms with Crippen molar-refractivity contribution in [1.82, 2.24) is 0 Å². The Kier molecular flexibility index (Phi) is 15.8. The van der Waals surface area contributed by atoms with E-state index in [0.717, 1.165) is 22.3 Å². The summed E-state index contributed by atoms with van der Waals surface area (Å²) in [6, 6.07) is 30.8. The lowest BCUT2D eigenvalue weighted by molar-refractivity contribution is -0.366. The Hall–Kier alpha value is -4.00. The van der Waals surface area contributed by atoms with Gasteiger partial charge in [0.05, 0.1) is 57.0 Å². The number of aliphatic hydroxyl groups excluding tert-OH is 5. The van der Waals surface area contributed by atoms with Crippen molar-refractivity contribution >= 4 is 17.3 Å². The molecule has 2 fully saturated rings. The molecule has 304 valence electrons. The molecule has 15 nitrogen and oxygen atoms in total. The Morgan fingerprint density at radius 1 is 0.596 bits per heavy atom. The van der Waals surface area contributed by atoms with Crippen LogP contribution in [0.4, 0.5) is 5.69 Å². The van der Waals surface area contributed by atoms with Gasteiger partial charge in [-0.15, -0.1) is 0 Å². The highest BCUT2D eigenvalue weighted by atomic mass is 35.5. The number of hydrogen-bond acceptors (Lipinski definition) is 13. The van der Waals surface area contributed by atoms with Gasteiger partial charge < -0.3 is 58.7 Å². The molecule has 0 aromatic heterocycles. The molecular weight excluding hydrogens is 762 g/mol. The number of halogens is 1. The fraction of sp³-hybridized carbons (Fsp3) is 0.415.